The van der Waals surface area contributed by atoms with E-state index in [0.717, 1.165) is 12.8 Å². The summed E-state index contributed by atoms with van der Waals surface area (Å²) in [6.45, 7) is 0. The van der Waals surface area contributed by atoms with Crippen LogP contribution in [0.4, 0.5) is 5.69 Å². The van der Waals surface area contributed by atoms with Gasteiger partial charge in [-0.3, -0.25) is 4.79 Å². The zero-order chi connectivity index (χ0) is 11.8. The molecule has 0 radical (unpaired) electrons. The summed E-state index contributed by atoms with van der Waals surface area (Å²) in [6, 6.07) is 5.54. The van der Waals surface area contributed by atoms with Crippen molar-refractivity contribution in [1.82, 2.24) is 4.74 Å². The van der Waals surface area contributed by atoms with Crippen LogP contribution in [0.5, 0.6) is 0 Å². The predicted octanol–water partition coefficient (Wildman–Crippen LogP) is 2.68. The molecule has 1 fully saturated rings. The summed E-state index contributed by atoms with van der Waals surface area (Å²) in [5, 5.41) is 0.593. The molecule has 4 heteroatoms. The van der Waals surface area contributed by atoms with E-state index in [2.05, 4.69) is 0 Å². The van der Waals surface area contributed by atoms with Gasteiger partial charge in [-0.15, -0.1) is 0 Å². The van der Waals surface area contributed by atoms with Crippen LogP contribution in [-0.2, 0) is 0 Å². The minimum atomic E-state index is -0.0424. The minimum absolute atomic E-state index is 0.0424. The third kappa shape index (κ3) is 1.64. The number of nitrogens with zero attached hydrogens (tertiary/aromatic N) is 1. The van der Waals surface area contributed by atoms with Crippen molar-refractivity contribution in [3.05, 3.63) is 28.6 Å². The SMILES string of the molecule is Nc1cccc2c(=O)n(C3CCCCC3)oc12. The van der Waals surface area contributed by atoms with Crippen molar-refractivity contribution in [2.75, 3.05) is 5.73 Å². The van der Waals surface area contributed by atoms with E-state index in [9.17, 15) is 4.79 Å². The standard InChI is InChI=1S/C13H16N2O2/c14-11-8-4-7-10-12(11)17-15(13(10)16)9-5-2-1-3-6-9/h4,7-9H,1-3,5-6,14H2. The van der Waals surface area contributed by atoms with Crippen molar-refractivity contribution in [2.45, 2.75) is 38.1 Å². The highest BCUT2D eigenvalue weighted by atomic mass is 16.5. The Morgan fingerprint density at radius 1 is 1.24 bits per heavy atom. The predicted molar refractivity (Wildman–Crippen MR) is 67.0 cm³/mol. The van der Waals surface area contributed by atoms with Gasteiger partial charge in [-0.25, -0.2) is 0 Å². The van der Waals surface area contributed by atoms with Crippen molar-refractivity contribution >= 4 is 16.7 Å². The van der Waals surface area contributed by atoms with Gasteiger partial charge in [0.1, 0.15) is 0 Å². The van der Waals surface area contributed by atoms with Gasteiger partial charge in [-0.05, 0) is 25.0 Å². The number of nitrogen functional groups attached to an aromatic ring is 1. The zero-order valence-corrected chi connectivity index (χ0v) is 9.69. The fourth-order valence-electron chi connectivity index (χ4n) is 2.64. The molecule has 1 saturated carbocycles. The molecule has 90 valence electrons. The molecule has 1 aliphatic rings. The molecule has 17 heavy (non-hydrogen) atoms. The second-order valence-electron chi connectivity index (χ2n) is 4.74. The van der Waals surface area contributed by atoms with E-state index in [1.807, 2.05) is 0 Å². The van der Waals surface area contributed by atoms with Gasteiger partial charge in [0, 0.05) is 0 Å². The number of hydrogen-bond acceptors (Lipinski definition) is 3. The molecular formula is C13H16N2O2. The lowest BCUT2D eigenvalue weighted by Crippen LogP contribution is -2.22. The van der Waals surface area contributed by atoms with Crippen molar-refractivity contribution in [3.63, 3.8) is 0 Å². The Morgan fingerprint density at radius 3 is 2.71 bits per heavy atom. The third-order valence-electron chi connectivity index (χ3n) is 3.57. The van der Waals surface area contributed by atoms with E-state index < -0.39 is 0 Å². The van der Waals surface area contributed by atoms with Gasteiger partial charge in [0.2, 0.25) is 0 Å². The van der Waals surface area contributed by atoms with Crippen molar-refractivity contribution in [2.24, 2.45) is 0 Å². The number of benzene rings is 1. The number of rotatable bonds is 1. The van der Waals surface area contributed by atoms with Crippen LogP contribution in [0.1, 0.15) is 38.1 Å². The summed E-state index contributed by atoms with van der Waals surface area (Å²) in [6.07, 6.45) is 5.65. The number of hydrogen-bond donors (Lipinski definition) is 1. The lowest BCUT2D eigenvalue weighted by molar-refractivity contribution is 0.187. The molecule has 1 aromatic carbocycles. The molecule has 0 unspecified atom stereocenters. The number of nitrogens with two attached hydrogens (primary N) is 1. The van der Waals surface area contributed by atoms with Crippen LogP contribution in [0.2, 0.25) is 0 Å². The van der Waals surface area contributed by atoms with Crippen LogP contribution in [0.25, 0.3) is 11.0 Å². The number of para-hydroxylation sites is 1. The van der Waals surface area contributed by atoms with Crippen molar-refractivity contribution in [3.8, 4) is 0 Å². The summed E-state index contributed by atoms with van der Waals surface area (Å²) in [4.78, 5) is 12.2. The van der Waals surface area contributed by atoms with Gasteiger partial charge >= 0.3 is 0 Å². The lowest BCUT2D eigenvalue weighted by Gasteiger charge is -2.20. The summed E-state index contributed by atoms with van der Waals surface area (Å²) < 4.78 is 7.18. The smallest absolute Gasteiger partial charge is 0.290 e. The molecule has 0 amide bonds. The third-order valence-corrected chi connectivity index (χ3v) is 3.57. The second kappa shape index (κ2) is 3.95. The molecule has 0 bridgehead atoms. The number of anilines is 1. The molecule has 2 N–H and O–H groups in total. The van der Waals surface area contributed by atoms with Crippen molar-refractivity contribution < 1.29 is 4.52 Å². The molecule has 3 rings (SSSR count). The maximum Gasteiger partial charge on any atom is 0.290 e. The van der Waals surface area contributed by atoms with E-state index in [1.54, 1.807) is 18.2 Å². The largest absolute Gasteiger partial charge is 0.396 e. The minimum Gasteiger partial charge on any atom is -0.396 e. The average molecular weight is 232 g/mol. The molecule has 0 saturated heterocycles. The summed E-state index contributed by atoms with van der Waals surface area (Å²) in [5.74, 6) is 0. The molecule has 0 spiro atoms. The lowest BCUT2D eigenvalue weighted by atomic mass is 9.96. The average Bonchev–Trinajstić information content (AvgIpc) is 2.70. The van der Waals surface area contributed by atoms with E-state index in [1.165, 1.54) is 24.0 Å². The molecular weight excluding hydrogens is 216 g/mol. The Morgan fingerprint density at radius 2 is 2.00 bits per heavy atom. The first kappa shape index (κ1) is 10.4. The summed E-state index contributed by atoms with van der Waals surface area (Å²) in [7, 11) is 0. The Labute approximate surface area is 99.0 Å². The van der Waals surface area contributed by atoms with Crippen LogP contribution < -0.4 is 11.3 Å². The Balaban J connectivity index is 2.14. The molecule has 4 nitrogen and oxygen atoms in total. The normalized spacial score (nSPS) is 17.6. The van der Waals surface area contributed by atoms with Crippen LogP contribution in [0.15, 0.2) is 27.5 Å². The van der Waals surface area contributed by atoms with Crippen LogP contribution in [0, 0.1) is 0 Å². The van der Waals surface area contributed by atoms with E-state index in [0.29, 0.717) is 16.7 Å². The van der Waals surface area contributed by atoms with Crippen molar-refractivity contribution in [1.29, 1.82) is 0 Å². The van der Waals surface area contributed by atoms with E-state index in [-0.39, 0.29) is 11.6 Å². The van der Waals surface area contributed by atoms with Gasteiger partial charge in [0.25, 0.3) is 5.56 Å². The molecule has 2 aromatic rings. The first-order chi connectivity index (χ1) is 8.27. The maximum atomic E-state index is 12.2. The highest BCUT2D eigenvalue weighted by Crippen LogP contribution is 2.29. The topological polar surface area (TPSA) is 61.2 Å². The second-order valence-corrected chi connectivity index (χ2v) is 4.74. The molecule has 1 aliphatic carbocycles. The molecule has 0 aliphatic heterocycles. The fourth-order valence-corrected chi connectivity index (χ4v) is 2.64. The molecule has 0 atom stereocenters. The van der Waals surface area contributed by atoms with Gasteiger partial charge in [0.05, 0.1) is 17.1 Å². The van der Waals surface area contributed by atoms with Crippen LogP contribution in [-0.4, -0.2) is 4.74 Å². The monoisotopic (exact) mass is 232 g/mol. The Bertz CT molecular complexity index is 591. The van der Waals surface area contributed by atoms with E-state index in [4.69, 9.17) is 10.3 Å². The Kier molecular flexibility index (Phi) is 2.42. The highest BCUT2D eigenvalue weighted by molar-refractivity contribution is 5.86. The van der Waals surface area contributed by atoms with Gasteiger partial charge in [-0.2, -0.15) is 4.74 Å². The quantitative estimate of drug-likeness (QED) is 0.769. The van der Waals surface area contributed by atoms with Crippen LogP contribution in [0.3, 0.4) is 0 Å². The first-order valence-corrected chi connectivity index (χ1v) is 6.17. The Hall–Kier alpha value is -1.71. The first-order valence-electron chi connectivity index (χ1n) is 6.17. The number of fused-ring (bicyclic) bond motifs is 1. The summed E-state index contributed by atoms with van der Waals surface area (Å²) in [5.41, 5.74) is 6.85. The van der Waals surface area contributed by atoms with Crippen LogP contribution >= 0.6 is 0 Å². The van der Waals surface area contributed by atoms with E-state index >= 15 is 0 Å². The zero-order valence-electron chi connectivity index (χ0n) is 9.69. The highest BCUT2D eigenvalue weighted by Gasteiger charge is 2.21. The fraction of sp³-hybridized carbons (Fsp3) is 0.462. The van der Waals surface area contributed by atoms with Gasteiger partial charge in [-0.1, -0.05) is 25.3 Å². The maximum absolute atomic E-state index is 12.2. The molecule has 1 heterocycles. The number of aromatic nitrogens is 1. The molecule has 1 aromatic heterocycles. The van der Waals surface area contributed by atoms with Gasteiger partial charge in [0.15, 0.2) is 5.58 Å². The summed E-state index contributed by atoms with van der Waals surface area (Å²) >= 11 is 0. The van der Waals surface area contributed by atoms with Gasteiger partial charge < -0.3 is 10.3 Å².